The van der Waals surface area contributed by atoms with Gasteiger partial charge in [-0.2, -0.15) is 0 Å². The molecular formula is C25H37Cl2N3O3S. The Bertz CT molecular complexity index is 1000. The van der Waals surface area contributed by atoms with Crippen molar-refractivity contribution in [1.82, 2.24) is 10.6 Å². The van der Waals surface area contributed by atoms with Gasteiger partial charge >= 0.3 is 0 Å². The van der Waals surface area contributed by atoms with E-state index in [1.54, 1.807) is 7.05 Å². The average molecular weight is 531 g/mol. The molecule has 34 heavy (non-hydrogen) atoms. The lowest BCUT2D eigenvalue weighted by atomic mass is 9.92. The Morgan fingerprint density at radius 3 is 2.41 bits per heavy atom. The van der Waals surface area contributed by atoms with Crippen LogP contribution in [0.3, 0.4) is 0 Å². The summed E-state index contributed by atoms with van der Waals surface area (Å²) >= 11 is 0. The SMILES string of the molecule is CN(c1ccc(OC2CCCC2)c(CN[C@@H]2CCCN[C@@H]2c2ccccc2)c1)S(C)(=O)=O.Cl.Cl. The number of piperidine rings is 1. The van der Waals surface area contributed by atoms with Crippen LogP contribution in [0, 0.1) is 0 Å². The van der Waals surface area contributed by atoms with Crippen molar-refractivity contribution in [1.29, 1.82) is 0 Å². The van der Waals surface area contributed by atoms with E-state index in [-0.39, 0.29) is 37.0 Å². The minimum absolute atomic E-state index is 0. The molecule has 1 aliphatic carbocycles. The van der Waals surface area contributed by atoms with Crippen LogP contribution in [-0.4, -0.2) is 40.4 Å². The van der Waals surface area contributed by atoms with E-state index in [4.69, 9.17) is 4.74 Å². The van der Waals surface area contributed by atoms with Gasteiger partial charge in [-0.1, -0.05) is 30.3 Å². The number of hydrogen-bond donors (Lipinski definition) is 2. The number of benzene rings is 2. The molecule has 190 valence electrons. The fourth-order valence-electron chi connectivity index (χ4n) is 4.75. The molecule has 0 spiro atoms. The van der Waals surface area contributed by atoms with Crippen LogP contribution < -0.4 is 19.7 Å². The van der Waals surface area contributed by atoms with E-state index < -0.39 is 10.0 Å². The molecular weight excluding hydrogens is 493 g/mol. The molecule has 0 amide bonds. The zero-order chi connectivity index (χ0) is 22.6. The first-order chi connectivity index (χ1) is 15.4. The van der Waals surface area contributed by atoms with Crippen molar-refractivity contribution in [2.75, 3.05) is 24.2 Å². The highest BCUT2D eigenvalue weighted by Gasteiger charge is 2.26. The number of hydrogen-bond acceptors (Lipinski definition) is 5. The first-order valence-corrected chi connectivity index (χ1v) is 13.5. The molecule has 2 aliphatic rings. The number of anilines is 1. The van der Waals surface area contributed by atoms with Gasteiger partial charge in [-0.3, -0.25) is 4.31 Å². The van der Waals surface area contributed by atoms with Gasteiger partial charge in [-0.25, -0.2) is 8.42 Å². The Morgan fingerprint density at radius 1 is 1.03 bits per heavy atom. The minimum atomic E-state index is -3.33. The van der Waals surface area contributed by atoms with E-state index >= 15 is 0 Å². The molecule has 0 bridgehead atoms. The third-order valence-electron chi connectivity index (χ3n) is 6.67. The van der Waals surface area contributed by atoms with Crippen molar-refractivity contribution in [2.45, 2.75) is 63.3 Å². The molecule has 0 unspecified atom stereocenters. The van der Waals surface area contributed by atoms with Gasteiger partial charge in [0.2, 0.25) is 10.0 Å². The molecule has 0 radical (unpaired) electrons. The van der Waals surface area contributed by atoms with E-state index in [0.717, 1.165) is 43.5 Å². The maximum Gasteiger partial charge on any atom is 0.231 e. The fourth-order valence-corrected chi connectivity index (χ4v) is 5.25. The van der Waals surface area contributed by atoms with E-state index in [0.29, 0.717) is 18.3 Å². The van der Waals surface area contributed by atoms with Crippen LogP contribution >= 0.6 is 24.8 Å². The average Bonchev–Trinajstić information content (AvgIpc) is 3.31. The van der Waals surface area contributed by atoms with Gasteiger partial charge in [0.15, 0.2) is 0 Å². The summed E-state index contributed by atoms with van der Waals surface area (Å²) in [5.41, 5.74) is 2.95. The van der Waals surface area contributed by atoms with Crippen molar-refractivity contribution in [3.8, 4) is 5.75 Å². The van der Waals surface area contributed by atoms with Crippen LogP contribution in [0.2, 0.25) is 0 Å². The van der Waals surface area contributed by atoms with Crippen molar-refractivity contribution in [3.63, 3.8) is 0 Å². The lowest BCUT2D eigenvalue weighted by molar-refractivity contribution is 0.206. The van der Waals surface area contributed by atoms with E-state index in [9.17, 15) is 8.42 Å². The quantitative estimate of drug-likeness (QED) is 0.512. The maximum absolute atomic E-state index is 12.1. The summed E-state index contributed by atoms with van der Waals surface area (Å²) in [4.78, 5) is 0. The van der Waals surface area contributed by atoms with E-state index in [1.165, 1.54) is 29.0 Å². The Hall–Kier alpha value is -1.51. The largest absolute Gasteiger partial charge is 0.490 e. The lowest BCUT2D eigenvalue weighted by Gasteiger charge is -2.34. The van der Waals surface area contributed by atoms with Gasteiger partial charge in [0, 0.05) is 31.2 Å². The summed E-state index contributed by atoms with van der Waals surface area (Å²) in [6.07, 6.45) is 8.28. The second-order valence-electron chi connectivity index (χ2n) is 9.02. The second kappa shape index (κ2) is 13.0. The van der Waals surface area contributed by atoms with Crippen LogP contribution in [-0.2, 0) is 16.6 Å². The normalized spacial score (nSPS) is 20.8. The summed E-state index contributed by atoms with van der Waals surface area (Å²) in [5.74, 6) is 0.857. The Morgan fingerprint density at radius 2 is 1.74 bits per heavy atom. The van der Waals surface area contributed by atoms with Gasteiger partial charge in [-0.05, 0) is 68.8 Å². The molecule has 1 saturated carbocycles. The summed E-state index contributed by atoms with van der Waals surface area (Å²) in [6, 6.07) is 16.8. The molecule has 1 heterocycles. The summed E-state index contributed by atoms with van der Waals surface area (Å²) in [7, 11) is -1.73. The Balaban J connectivity index is 0.00000204. The Labute approximate surface area is 216 Å². The number of nitrogens with zero attached hydrogens (tertiary/aromatic N) is 1. The third-order valence-corrected chi connectivity index (χ3v) is 7.88. The highest BCUT2D eigenvalue weighted by molar-refractivity contribution is 7.92. The molecule has 1 saturated heterocycles. The maximum atomic E-state index is 12.1. The van der Waals surface area contributed by atoms with Gasteiger partial charge in [0.25, 0.3) is 0 Å². The summed E-state index contributed by atoms with van der Waals surface area (Å²) in [5, 5.41) is 7.41. The summed E-state index contributed by atoms with van der Waals surface area (Å²) < 4.78 is 31.8. The predicted molar refractivity (Wildman–Crippen MR) is 144 cm³/mol. The smallest absolute Gasteiger partial charge is 0.231 e. The van der Waals surface area contributed by atoms with Crippen molar-refractivity contribution < 1.29 is 13.2 Å². The molecule has 9 heteroatoms. The number of ether oxygens (including phenoxy) is 1. The highest BCUT2D eigenvalue weighted by atomic mass is 35.5. The lowest BCUT2D eigenvalue weighted by Crippen LogP contribution is -2.45. The van der Waals surface area contributed by atoms with Crippen molar-refractivity contribution in [2.24, 2.45) is 0 Å². The molecule has 2 aromatic rings. The van der Waals surface area contributed by atoms with Crippen molar-refractivity contribution >= 4 is 40.5 Å². The predicted octanol–water partition coefficient (Wildman–Crippen LogP) is 4.83. The minimum Gasteiger partial charge on any atom is -0.490 e. The molecule has 6 nitrogen and oxygen atoms in total. The highest BCUT2D eigenvalue weighted by Crippen LogP contribution is 2.31. The second-order valence-corrected chi connectivity index (χ2v) is 11.0. The van der Waals surface area contributed by atoms with Gasteiger partial charge in [-0.15, -0.1) is 24.8 Å². The first-order valence-electron chi connectivity index (χ1n) is 11.7. The molecule has 1 aliphatic heterocycles. The molecule has 2 aromatic carbocycles. The zero-order valence-electron chi connectivity index (χ0n) is 19.9. The fraction of sp³-hybridized carbons (Fsp3) is 0.520. The molecule has 2 N–H and O–H groups in total. The molecule has 2 fully saturated rings. The van der Waals surface area contributed by atoms with E-state index in [2.05, 4.69) is 34.9 Å². The molecule has 2 atom stereocenters. The number of halogens is 2. The first kappa shape index (κ1) is 28.7. The van der Waals surface area contributed by atoms with Crippen molar-refractivity contribution in [3.05, 3.63) is 59.7 Å². The molecule has 4 rings (SSSR count). The topological polar surface area (TPSA) is 70.7 Å². The van der Waals surface area contributed by atoms with E-state index in [1.807, 2.05) is 24.3 Å². The van der Waals surface area contributed by atoms with Crippen LogP contribution in [0.25, 0.3) is 0 Å². The van der Waals surface area contributed by atoms with Gasteiger partial charge < -0.3 is 15.4 Å². The van der Waals surface area contributed by atoms with Crippen LogP contribution in [0.1, 0.15) is 55.7 Å². The summed E-state index contributed by atoms with van der Waals surface area (Å²) in [6.45, 7) is 1.64. The number of rotatable bonds is 8. The molecule has 0 aromatic heterocycles. The van der Waals surface area contributed by atoms with Crippen LogP contribution in [0.15, 0.2) is 48.5 Å². The van der Waals surface area contributed by atoms with Gasteiger partial charge in [0.1, 0.15) is 5.75 Å². The zero-order valence-corrected chi connectivity index (χ0v) is 22.4. The number of sulfonamides is 1. The third kappa shape index (κ3) is 7.25. The monoisotopic (exact) mass is 529 g/mol. The Kier molecular flexibility index (Phi) is 11.0. The number of nitrogens with one attached hydrogen (secondary N) is 2. The van der Waals surface area contributed by atoms with Crippen LogP contribution in [0.5, 0.6) is 5.75 Å². The standard InChI is InChI=1S/C25H35N3O3S.2ClH/c1-28(32(2,29)30)21-14-15-24(31-22-11-6-7-12-22)20(17-21)18-27-23-13-8-16-26-25(23)19-9-4-3-5-10-19;;/h3-5,9-10,14-15,17,22-23,25-27H,6-8,11-13,16,18H2,1-2H3;2*1H/t23-,25-;;/m1../s1. The van der Waals surface area contributed by atoms with Crippen LogP contribution in [0.4, 0.5) is 5.69 Å². The van der Waals surface area contributed by atoms with Gasteiger partial charge in [0.05, 0.1) is 18.0 Å².